The zero-order valence-corrected chi connectivity index (χ0v) is 25.8. The molecule has 232 valence electrons. The van der Waals surface area contributed by atoms with E-state index in [4.69, 9.17) is 38.4 Å². The first-order valence-corrected chi connectivity index (χ1v) is 15.7. The van der Waals surface area contributed by atoms with Crippen molar-refractivity contribution in [2.45, 2.75) is 44.6 Å². The first-order valence-electron chi connectivity index (χ1n) is 15.0. The molecule has 1 unspecified atom stereocenters. The van der Waals surface area contributed by atoms with Crippen LogP contribution in [-0.2, 0) is 25.5 Å². The second-order valence-electron chi connectivity index (χ2n) is 11.1. The molecule has 43 heavy (non-hydrogen) atoms. The lowest BCUT2D eigenvalue weighted by atomic mass is 10.0. The number of amides is 2. The van der Waals surface area contributed by atoms with Crippen LogP contribution in [0.25, 0.3) is 0 Å². The van der Waals surface area contributed by atoms with Crippen molar-refractivity contribution in [3.8, 4) is 5.75 Å². The summed E-state index contributed by atoms with van der Waals surface area (Å²) >= 11 is 12.6. The molecule has 3 aliphatic rings. The number of hydrogen-bond acceptors (Lipinski definition) is 8. The molecular weight excluding hydrogens is 593 g/mol. The van der Waals surface area contributed by atoms with Gasteiger partial charge in [-0.25, -0.2) is 4.79 Å². The maximum absolute atomic E-state index is 12.8. The Hall–Kier alpha value is -3.05. The van der Waals surface area contributed by atoms with Gasteiger partial charge < -0.3 is 25.0 Å². The number of aryl methyl sites for hydroxylation is 1. The van der Waals surface area contributed by atoms with Crippen LogP contribution in [0.1, 0.15) is 37.7 Å². The van der Waals surface area contributed by atoms with Crippen LogP contribution >= 0.6 is 23.2 Å². The Morgan fingerprint density at radius 2 is 1.79 bits per heavy atom. The monoisotopic (exact) mass is 631 g/mol. The zero-order chi connectivity index (χ0) is 30.3. The predicted molar refractivity (Wildman–Crippen MR) is 167 cm³/mol. The van der Waals surface area contributed by atoms with Gasteiger partial charge in [0.05, 0.1) is 34.6 Å². The number of halogens is 2. The molecule has 0 saturated carbocycles. The van der Waals surface area contributed by atoms with Gasteiger partial charge in [0, 0.05) is 45.2 Å². The summed E-state index contributed by atoms with van der Waals surface area (Å²) in [5, 5.41) is 1.19. The zero-order valence-electron chi connectivity index (χ0n) is 24.3. The number of hydrogen-bond donors (Lipinski definition) is 1. The number of anilines is 2. The van der Waals surface area contributed by atoms with E-state index in [1.165, 1.54) is 9.80 Å². The number of fused-ring (bicyclic) bond motifs is 1. The second kappa shape index (κ2) is 14.6. The van der Waals surface area contributed by atoms with E-state index in [2.05, 4.69) is 9.80 Å². The lowest BCUT2D eigenvalue weighted by molar-refractivity contribution is -0.153. The highest BCUT2D eigenvalue weighted by Gasteiger charge is 2.35. The molecule has 0 aromatic heterocycles. The molecule has 0 spiro atoms. The molecule has 3 aliphatic heterocycles. The van der Waals surface area contributed by atoms with Crippen molar-refractivity contribution in [1.29, 1.82) is 0 Å². The molecular formula is C31H39Cl2N5O5. The quantitative estimate of drug-likeness (QED) is 0.295. The average molecular weight is 633 g/mol. The van der Waals surface area contributed by atoms with E-state index < -0.39 is 12.0 Å². The van der Waals surface area contributed by atoms with E-state index in [0.29, 0.717) is 60.3 Å². The predicted octanol–water partition coefficient (Wildman–Crippen LogP) is 3.70. The molecule has 5 rings (SSSR count). The standard InChI is InChI=1S/C31H39Cl2N5O5/c32-24-5-3-6-25(30(24)33)36-16-14-35(15-17-36)12-1-2-18-42-23-10-8-22-9-11-28(39)38(27(22)19-23)21-43-31(41)26-7-4-13-37(26)29(40)20-34/h3,5-6,8,10,19,26H,1-2,4,7,9,11-18,20-21,34H2. The van der Waals surface area contributed by atoms with E-state index in [1.54, 1.807) is 0 Å². The molecule has 2 aromatic carbocycles. The molecule has 0 aliphatic carbocycles. The van der Waals surface area contributed by atoms with Gasteiger partial charge in [-0.2, -0.15) is 0 Å². The maximum Gasteiger partial charge on any atom is 0.330 e. The van der Waals surface area contributed by atoms with E-state index in [1.807, 2.05) is 36.4 Å². The van der Waals surface area contributed by atoms with Gasteiger partial charge in [-0.15, -0.1) is 0 Å². The third-order valence-corrected chi connectivity index (χ3v) is 9.20. The fraction of sp³-hybridized carbons (Fsp3) is 0.516. The Bertz CT molecular complexity index is 1320. The number of esters is 1. The Kier molecular flexibility index (Phi) is 10.7. The maximum atomic E-state index is 12.8. The van der Waals surface area contributed by atoms with Crippen LogP contribution in [0, 0.1) is 0 Å². The van der Waals surface area contributed by atoms with Crippen LogP contribution in [0.5, 0.6) is 5.75 Å². The summed E-state index contributed by atoms with van der Waals surface area (Å²) in [5.74, 6) is -0.229. The molecule has 0 bridgehead atoms. The lowest BCUT2D eigenvalue weighted by Gasteiger charge is -2.36. The van der Waals surface area contributed by atoms with Crippen LogP contribution in [0.4, 0.5) is 11.4 Å². The average Bonchev–Trinajstić information content (AvgIpc) is 3.52. The summed E-state index contributed by atoms with van der Waals surface area (Å²) in [6, 6.07) is 10.8. The molecule has 2 amide bonds. The van der Waals surface area contributed by atoms with Crippen molar-refractivity contribution in [2.75, 3.05) is 69.0 Å². The van der Waals surface area contributed by atoms with Gasteiger partial charge in [0.25, 0.3) is 0 Å². The number of rotatable bonds is 11. The minimum absolute atomic E-state index is 0.114. The normalized spacial score (nSPS) is 19.0. The Morgan fingerprint density at radius 1 is 0.977 bits per heavy atom. The van der Waals surface area contributed by atoms with Gasteiger partial charge in [0.15, 0.2) is 6.73 Å². The molecule has 1 atom stereocenters. The summed E-state index contributed by atoms with van der Waals surface area (Å²) in [4.78, 5) is 45.4. The number of ether oxygens (including phenoxy) is 2. The summed E-state index contributed by atoms with van der Waals surface area (Å²) in [6.45, 7) is 5.42. The van der Waals surface area contributed by atoms with E-state index in [-0.39, 0.29) is 25.1 Å². The van der Waals surface area contributed by atoms with Gasteiger partial charge in [-0.1, -0.05) is 35.3 Å². The Labute approximate surface area is 262 Å². The number of likely N-dealkylation sites (tertiary alicyclic amines) is 1. The Balaban J connectivity index is 1.07. The van der Waals surface area contributed by atoms with E-state index in [9.17, 15) is 14.4 Å². The fourth-order valence-electron chi connectivity index (χ4n) is 5.98. The molecule has 10 nitrogen and oxygen atoms in total. The van der Waals surface area contributed by atoms with Crippen molar-refractivity contribution < 1.29 is 23.9 Å². The van der Waals surface area contributed by atoms with Crippen molar-refractivity contribution in [3.63, 3.8) is 0 Å². The second-order valence-corrected chi connectivity index (χ2v) is 11.9. The highest BCUT2D eigenvalue weighted by Crippen LogP contribution is 2.34. The van der Waals surface area contributed by atoms with Crippen LogP contribution in [0.2, 0.25) is 10.0 Å². The number of carbonyl (C=O) groups is 3. The molecule has 2 saturated heterocycles. The summed E-state index contributed by atoms with van der Waals surface area (Å²) in [5.41, 5.74) is 8.18. The fourth-order valence-corrected chi connectivity index (χ4v) is 6.39. The first kappa shape index (κ1) is 31.4. The minimum Gasteiger partial charge on any atom is -0.494 e. The van der Waals surface area contributed by atoms with E-state index in [0.717, 1.165) is 56.8 Å². The number of nitrogens with two attached hydrogens (primary N) is 1. The van der Waals surface area contributed by atoms with Crippen molar-refractivity contribution >= 4 is 52.4 Å². The Morgan fingerprint density at radius 3 is 2.58 bits per heavy atom. The third-order valence-electron chi connectivity index (χ3n) is 8.39. The molecule has 2 fully saturated rings. The lowest BCUT2D eigenvalue weighted by Crippen LogP contribution is -2.46. The largest absolute Gasteiger partial charge is 0.494 e. The molecule has 2 N–H and O–H groups in total. The van der Waals surface area contributed by atoms with Crippen LogP contribution in [0.3, 0.4) is 0 Å². The smallest absolute Gasteiger partial charge is 0.330 e. The summed E-state index contributed by atoms with van der Waals surface area (Å²) in [7, 11) is 0. The number of piperazine rings is 1. The van der Waals surface area contributed by atoms with Crippen molar-refractivity contribution in [3.05, 3.63) is 52.0 Å². The minimum atomic E-state index is -0.657. The highest BCUT2D eigenvalue weighted by molar-refractivity contribution is 6.43. The van der Waals surface area contributed by atoms with Gasteiger partial charge in [-0.3, -0.25) is 19.4 Å². The van der Waals surface area contributed by atoms with Crippen LogP contribution in [0.15, 0.2) is 36.4 Å². The van der Waals surface area contributed by atoms with Gasteiger partial charge >= 0.3 is 5.97 Å². The first-order chi connectivity index (χ1) is 20.9. The SMILES string of the molecule is NCC(=O)N1CCCC1C(=O)OCN1C(=O)CCc2ccc(OCCCCN3CCN(c4cccc(Cl)c4Cl)CC3)cc21. The molecule has 12 heteroatoms. The summed E-state index contributed by atoms with van der Waals surface area (Å²) < 4.78 is 11.6. The number of nitrogens with zero attached hydrogens (tertiary/aromatic N) is 4. The van der Waals surface area contributed by atoms with Crippen LogP contribution in [-0.4, -0.2) is 92.8 Å². The molecule has 0 radical (unpaired) electrons. The van der Waals surface area contributed by atoms with Gasteiger partial charge in [0.1, 0.15) is 11.8 Å². The third kappa shape index (κ3) is 7.55. The molecule has 3 heterocycles. The van der Waals surface area contributed by atoms with Gasteiger partial charge in [-0.05, 0) is 62.4 Å². The highest BCUT2D eigenvalue weighted by atomic mass is 35.5. The number of unbranched alkanes of at least 4 members (excludes halogenated alkanes) is 1. The summed E-state index contributed by atoms with van der Waals surface area (Å²) in [6.07, 6.45) is 4.11. The molecule has 2 aromatic rings. The number of benzene rings is 2. The van der Waals surface area contributed by atoms with Crippen molar-refractivity contribution in [2.24, 2.45) is 5.73 Å². The topological polar surface area (TPSA) is 109 Å². The number of carbonyl (C=O) groups excluding carboxylic acids is 3. The van der Waals surface area contributed by atoms with Crippen LogP contribution < -0.4 is 20.3 Å². The van der Waals surface area contributed by atoms with E-state index >= 15 is 0 Å². The van der Waals surface area contributed by atoms with Crippen molar-refractivity contribution in [1.82, 2.24) is 9.80 Å². The van der Waals surface area contributed by atoms with Gasteiger partial charge in [0.2, 0.25) is 11.8 Å².